The zero-order chi connectivity index (χ0) is 16.3. The maximum Gasteiger partial charge on any atom is 0.180 e. The largest absolute Gasteiger partial charge is 0.476 e. The van der Waals surface area contributed by atoms with Gasteiger partial charge in [0.1, 0.15) is 12.1 Å². The molecule has 23 heavy (non-hydrogen) atoms. The molecule has 0 amide bonds. The van der Waals surface area contributed by atoms with Crippen LogP contribution in [0.25, 0.3) is 0 Å². The molecule has 0 fully saturated rings. The van der Waals surface area contributed by atoms with E-state index in [0.29, 0.717) is 18.7 Å². The Morgan fingerprint density at radius 1 is 0.957 bits per heavy atom. The molecule has 2 unspecified atom stereocenters. The van der Waals surface area contributed by atoms with Gasteiger partial charge in [-0.1, -0.05) is 60.7 Å². The summed E-state index contributed by atoms with van der Waals surface area (Å²) in [7, 11) is 0. The number of hydrogen-bond acceptors (Lipinski definition) is 3. The third-order valence-electron chi connectivity index (χ3n) is 4.38. The molecular formula is C20H23NO2. The molecule has 1 aliphatic rings. The summed E-state index contributed by atoms with van der Waals surface area (Å²) in [6, 6.07) is 19.9. The summed E-state index contributed by atoms with van der Waals surface area (Å²) >= 11 is 0. The average molecular weight is 309 g/mol. The van der Waals surface area contributed by atoms with Crippen LogP contribution in [-0.4, -0.2) is 28.8 Å². The highest BCUT2D eigenvalue weighted by molar-refractivity contribution is 5.75. The molecule has 0 radical (unpaired) electrons. The van der Waals surface area contributed by atoms with Gasteiger partial charge in [0.25, 0.3) is 0 Å². The van der Waals surface area contributed by atoms with Crippen LogP contribution in [0.5, 0.6) is 0 Å². The summed E-state index contributed by atoms with van der Waals surface area (Å²) in [4.78, 5) is 4.58. The minimum atomic E-state index is -0.972. The molecule has 2 atom stereocenters. The van der Waals surface area contributed by atoms with E-state index >= 15 is 0 Å². The second kappa shape index (κ2) is 6.55. The van der Waals surface area contributed by atoms with Crippen LogP contribution in [0.4, 0.5) is 0 Å². The molecule has 0 saturated heterocycles. The Hall–Kier alpha value is -2.13. The van der Waals surface area contributed by atoms with Gasteiger partial charge < -0.3 is 9.84 Å². The fourth-order valence-electron chi connectivity index (χ4n) is 3.39. The van der Waals surface area contributed by atoms with Crippen molar-refractivity contribution in [2.75, 3.05) is 0 Å². The molecule has 120 valence electrons. The van der Waals surface area contributed by atoms with E-state index in [2.05, 4.69) is 4.99 Å². The van der Waals surface area contributed by atoms with E-state index in [4.69, 9.17) is 4.74 Å². The number of ether oxygens (including phenoxy) is 1. The lowest BCUT2D eigenvalue weighted by Crippen LogP contribution is -2.49. The van der Waals surface area contributed by atoms with Crippen molar-refractivity contribution in [2.45, 2.75) is 44.4 Å². The monoisotopic (exact) mass is 309 g/mol. The summed E-state index contributed by atoms with van der Waals surface area (Å²) in [6.45, 7) is 3.83. The second-order valence-corrected chi connectivity index (χ2v) is 6.34. The van der Waals surface area contributed by atoms with E-state index in [1.807, 2.05) is 74.5 Å². The lowest BCUT2D eigenvalue weighted by atomic mass is 9.80. The SMILES string of the molecule is CC1=NC(C(O)(Cc2ccccc2)Cc2ccccc2)C(C)O1. The van der Waals surface area contributed by atoms with Gasteiger partial charge in [0.15, 0.2) is 5.90 Å². The van der Waals surface area contributed by atoms with Gasteiger partial charge in [-0.25, -0.2) is 4.99 Å². The maximum atomic E-state index is 11.5. The Morgan fingerprint density at radius 3 is 1.83 bits per heavy atom. The normalized spacial score (nSPS) is 20.9. The van der Waals surface area contributed by atoms with Gasteiger partial charge in [-0.3, -0.25) is 0 Å². The van der Waals surface area contributed by atoms with Crippen LogP contribution < -0.4 is 0 Å². The number of hydrogen-bond donors (Lipinski definition) is 1. The topological polar surface area (TPSA) is 41.8 Å². The zero-order valence-corrected chi connectivity index (χ0v) is 13.6. The van der Waals surface area contributed by atoms with E-state index in [1.165, 1.54) is 0 Å². The van der Waals surface area contributed by atoms with Gasteiger partial charge in [-0.05, 0) is 18.1 Å². The first-order valence-electron chi connectivity index (χ1n) is 8.08. The van der Waals surface area contributed by atoms with Crippen molar-refractivity contribution in [2.24, 2.45) is 4.99 Å². The minimum Gasteiger partial charge on any atom is -0.476 e. The van der Waals surface area contributed by atoms with Crippen molar-refractivity contribution < 1.29 is 9.84 Å². The van der Waals surface area contributed by atoms with Crippen molar-refractivity contribution in [3.63, 3.8) is 0 Å². The first-order valence-corrected chi connectivity index (χ1v) is 8.08. The standard InChI is InChI=1S/C20H23NO2/c1-15-19(21-16(2)23-15)20(22,13-17-9-5-3-6-10-17)14-18-11-7-4-8-12-18/h3-12,15,19,22H,13-14H2,1-2H3. The Bertz CT molecular complexity index is 625. The summed E-state index contributed by atoms with van der Waals surface area (Å²) in [5.74, 6) is 0.655. The Balaban J connectivity index is 1.92. The molecule has 0 spiro atoms. The molecule has 0 aromatic heterocycles. The van der Waals surface area contributed by atoms with E-state index in [9.17, 15) is 5.11 Å². The number of rotatable bonds is 5. The molecule has 1 heterocycles. The molecule has 2 aromatic rings. The highest BCUT2D eigenvalue weighted by Crippen LogP contribution is 2.31. The first-order chi connectivity index (χ1) is 11.1. The molecule has 1 aliphatic heterocycles. The van der Waals surface area contributed by atoms with Gasteiger partial charge in [-0.2, -0.15) is 0 Å². The van der Waals surface area contributed by atoms with Gasteiger partial charge in [-0.15, -0.1) is 0 Å². The van der Waals surface area contributed by atoms with Crippen molar-refractivity contribution in [3.8, 4) is 0 Å². The lowest BCUT2D eigenvalue weighted by Gasteiger charge is -2.34. The summed E-state index contributed by atoms with van der Waals surface area (Å²) in [5.41, 5.74) is 1.25. The number of benzene rings is 2. The Morgan fingerprint density at radius 2 is 1.43 bits per heavy atom. The fourth-order valence-corrected chi connectivity index (χ4v) is 3.39. The van der Waals surface area contributed by atoms with Crippen LogP contribution in [0.15, 0.2) is 65.7 Å². The smallest absolute Gasteiger partial charge is 0.180 e. The summed E-state index contributed by atoms with van der Waals surface area (Å²) in [5, 5.41) is 11.5. The predicted octanol–water partition coefficient (Wildman–Crippen LogP) is 3.41. The fraction of sp³-hybridized carbons (Fsp3) is 0.350. The number of aliphatic hydroxyl groups is 1. The third kappa shape index (κ3) is 3.62. The molecule has 0 bridgehead atoms. The van der Waals surface area contributed by atoms with Crippen LogP contribution in [0, 0.1) is 0 Å². The van der Waals surface area contributed by atoms with E-state index < -0.39 is 5.60 Å². The highest BCUT2D eigenvalue weighted by atomic mass is 16.5. The minimum absolute atomic E-state index is 0.118. The van der Waals surface area contributed by atoms with Crippen LogP contribution in [-0.2, 0) is 17.6 Å². The Kier molecular flexibility index (Phi) is 4.49. The molecule has 3 nitrogen and oxygen atoms in total. The number of aliphatic imine (C=N–C) groups is 1. The van der Waals surface area contributed by atoms with Crippen LogP contribution in [0.1, 0.15) is 25.0 Å². The zero-order valence-electron chi connectivity index (χ0n) is 13.6. The van der Waals surface area contributed by atoms with Crippen LogP contribution in [0.2, 0.25) is 0 Å². The molecule has 0 aliphatic carbocycles. The summed E-state index contributed by atoms with van der Waals surface area (Å²) < 4.78 is 5.69. The van der Waals surface area contributed by atoms with Gasteiger partial charge in [0.05, 0.1) is 5.60 Å². The van der Waals surface area contributed by atoms with Crippen molar-refractivity contribution in [1.29, 1.82) is 0 Å². The van der Waals surface area contributed by atoms with Gasteiger partial charge in [0, 0.05) is 19.8 Å². The number of nitrogens with zero attached hydrogens (tertiary/aromatic N) is 1. The van der Waals surface area contributed by atoms with E-state index in [-0.39, 0.29) is 12.1 Å². The van der Waals surface area contributed by atoms with Crippen molar-refractivity contribution in [3.05, 3.63) is 71.8 Å². The lowest BCUT2D eigenvalue weighted by molar-refractivity contribution is -0.0103. The average Bonchev–Trinajstić information content (AvgIpc) is 2.88. The van der Waals surface area contributed by atoms with E-state index in [1.54, 1.807) is 0 Å². The second-order valence-electron chi connectivity index (χ2n) is 6.34. The third-order valence-corrected chi connectivity index (χ3v) is 4.38. The molecule has 3 heteroatoms. The molecule has 2 aromatic carbocycles. The first kappa shape index (κ1) is 15.8. The van der Waals surface area contributed by atoms with Crippen LogP contribution >= 0.6 is 0 Å². The molecule has 3 rings (SSSR count). The van der Waals surface area contributed by atoms with E-state index in [0.717, 1.165) is 11.1 Å². The predicted molar refractivity (Wildman–Crippen MR) is 92.7 cm³/mol. The van der Waals surface area contributed by atoms with Crippen molar-refractivity contribution >= 4 is 5.90 Å². The highest BCUT2D eigenvalue weighted by Gasteiger charge is 2.44. The molecular weight excluding hydrogens is 286 g/mol. The Labute approximate surface area is 137 Å². The van der Waals surface area contributed by atoms with Crippen LogP contribution in [0.3, 0.4) is 0 Å². The quantitative estimate of drug-likeness (QED) is 0.919. The van der Waals surface area contributed by atoms with Gasteiger partial charge in [0.2, 0.25) is 0 Å². The maximum absolute atomic E-state index is 11.5. The molecule has 1 N–H and O–H groups in total. The summed E-state index contributed by atoms with van der Waals surface area (Å²) in [6.07, 6.45) is 0.989. The van der Waals surface area contributed by atoms with Crippen molar-refractivity contribution in [1.82, 2.24) is 0 Å². The van der Waals surface area contributed by atoms with Gasteiger partial charge >= 0.3 is 0 Å². The molecule has 0 saturated carbocycles.